The molecule has 4 aromatic heterocycles. The molecule has 0 spiro atoms. The van der Waals surface area contributed by atoms with E-state index in [0.717, 1.165) is 10.5 Å². The number of amides is 2. The van der Waals surface area contributed by atoms with E-state index in [0.29, 0.717) is 45.4 Å². The number of carbonyl (C=O) groups excluding carboxylic acids is 2. The van der Waals surface area contributed by atoms with Crippen LogP contribution in [-0.2, 0) is 13.7 Å². The van der Waals surface area contributed by atoms with Crippen molar-refractivity contribution in [3.63, 3.8) is 0 Å². The lowest BCUT2D eigenvalue weighted by Crippen LogP contribution is -2.29. The summed E-state index contributed by atoms with van der Waals surface area (Å²) in [5, 5.41) is 4.12. The van der Waals surface area contributed by atoms with Gasteiger partial charge in [-0.05, 0) is 24.3 Å². The van der Waals surface area contributed by atoms with Crippen LogP contribution in [0.5, 0.6) is 5.75 Å². The first-order valence-electron chi connectivity index (χ1n) is 10.4. The molecule has 0 fully saturated rings. The highest BCUT2D eigenvalue weighted by Gasteiger charge is 2.36. The molecule has 5 aromatic rings. The van der Waals surface area contributed by atoms with Gasteiger partial charge in [0.1, 0.15) is 17.9 Å². The number of aryl methyl sites for hydroxylation is 1. The smallest absolute Gasteiger partial charge is 0.266 e. The van der Waals surface area contributed by atoms with E-state index in [1.165, 1.54) is 6.20 Å². The van der Waals surface area contributed by atoms with Crippen LogP contribution in [-0.4, -0.2) is 36.5 Å². The molecule has 2 amide bonds. The first-order valence-corrected chi connectivity index (χ1v) is 10.4. The summed E-state index contributed by atoms with van der Waals surface area (Å²) in [4.78, 5) is 39.5. The fourth-order valence-electron chi connectivity index (χ4n) is 3.75. The van der Waals surface area contributed by atoms with Crippen molar-refractivity contribution in [3.05, 3.63) is 84.1 Å². The number of rotatable bonds is 5. The fraction of sp³-hybridized carbons (Fsp3) is 0.0833. The van der Waals surface area contributed by atoms with Crippen LogP contribution in [0.1, 0.15) is 26.4 Å². The molecular weight excluding hydrogens is 436 g/mol. The van der Waals surface area contributed by atoms with Gasteiger partial charge in [-0.15, -0.1) is 0 Å². The lowest BCUT2D eigenvalue weighted by Gasteiger charge is -2.14. The second kappa shape index (κ2) is 7.62. The number of carbonyl (C=O) groups is 2. The van der Waals surface area contributed by atoms with E-state index < -0.39 is 0 Å². The van der Waals surface area contributed by atoms with Gasteiger partial charge in [0.05, 0.1) is 46.7 Å². The molecule has 10 heteroatoms. The lowest BCUT2D eigenvalue weighted by atomic mass is 10.1. The first-order chi connectivity index (χ1) is 16.6. The van der Waals surface area contributed by atoms with Crippen LogP contribution in [0, 0.1) is 0 Å². The molecule has 0 radical (unpaired) electrons. The molecule has 1 aromatic carbocycles. The van der Waals surface area contributed by atoms with E-state index in [1.54, 1.807) is 65.7 Å². The molecular formula is C24H16N6O4. The molecule has 0 saturated heterocycles. The minimum atomic E-state index is -0.357. The highest BCUT2D eigenvalue weighted by molar-refractivity contribution is 6.34. The summed E-state index contributed by atoms with van der Waals surface area (Å²) in [6, 6.07) is 11.9. The van der Waals surface area contributed by atoms with Crippen molar-refractivity contribution in [1.82, 2.24) is 24.7 Å². The number of benzene rings is 1. The summed E-state index contributed by atoms with van der Waals surface area (Å²) in [6.07, 6.45) is 6.51. The lowest BCUT2D eigenvalue weighted by molar-refractivity contribution is 0.0926. The number of anilines is 1. The Labute approximate surface area is 192 Å². The van der Waals surface area contributed by atoms with Gasteiger partial charge in [0.15, 0.2) is 0 Å². The van der Waals surface area contributed by atoms with E-state index >= 15 is 0 Å². The quantitative estimate of drug-likeness (QED) is 0.373. The van der Waals surface area contributed by atoms with Gasteiger partial charge in [0, 0.05) is 19.3 Å². The molecule has 166 valence electrons. The number of hydrogen-bond acceptors (Lipinski definition) is 8. The molecule has 0 atom stereocenters. The number of pyridine rings is 2. The number of nitrogens with zero attached hydrogens (tertiary/aromatic N) is 6. The zero-order chi connectivity index (χ0) is 23.2. The Hall–Kier alpha value is -4.86. The minimum Gasteiger partial charge on any atom is -0.486 e. The number of hydrogen-bond donors (Lipinski definition) is 0. The van der Waals surface area contributed by atoms with Gasteiger partial charge < -0.3 is 9.15 Å². The molecule has 1 aliphatic heterocycles. The SMILES string of the molecule is Cn1cc(-c2nc3cc(OCc4ccc(N5C(=O)c6ccccc6C5=O)cn4)cnc3o2)cn1. The molecule has 6 rings (SSSR count). The third kappa shape index (κ3) is 3.28. The van der Waals surface area contributed by atoms with Crippen molar-refractivity contribution < 1.29 is 18.7 Å². The molecule has 0 saturated carbocycles. The summed E-state index contributed by atoms with van der Waals surface area (Å²) in [6.45, 7) is 0.170. The van der Waals surface area contributed by atoms with Crippen LogP contribution >= 0.6 is 0 Å². The minimum absolute atomic E-state index is 0.170. The summed E-state index contributed by atoms with van der Waals surface area (Å²) in [5.74, 6) is 0.219. The Morgan fingerprint density at radius 1 is 0.971 bits per heavy atom. The van der Waals surface area contributed by atoms with Crippen molar-refractivity contribution in [2.45, 2.75) is 6.61 Å². The predicted molar refractivity (Wildman–Crippen MR) is 120 cm³/mol. The molecule has 0 N–H and O–H groups in total. The highest BCUT2D eigenvalue weighted by atomic mass is 16.5. The van der Waals surface area contributed by atoms with E-state index in [9.17, 15) is 9.59 Å². The van der Waals surface area contributed by atoms with E-state index in [4.69, 9.17) is 9.15 Å². The van der Waals surface area contributed by atoms with Gasteiger partial charge in [-0.3, -0.25) is 19.3 Å². The van der Waals surface area contributed by atoms with Crippen LogP contribution in [0.2, 0.25) is 0 Å². The molecule has 34 heavy (non-hydrogen) atoms. The second-order valence-electron chi connectivity index (χ2n) is 7.70. The van der Waals surface area contributed by atoms with Crippen molar-refractivity contribution in [1.29, 1.82) is 0 Å². The molecule has 5 heterocycles. The predicted octanol–water partition coefficient (Wildman–Crippen LogP) is 3.40. The number of oxazole rings is 1. The second-order valence-corrected chi connectivity index (χ2v) is 7.70. The Morgan fingerprint density at radius 3 is 2.44 bits per heavy atom. The van der Waals surface area contributed by atoms with Crippen LogP contribution in [0.15, 0.2) is 71.7 Å². The Kier molecular flexibility index (Phi) is 4.44. The zero-order valence-electron chi connectivity index (χ0n) is 17.9. The molecule has 0 aliphatic carbocycles. The normalized spacial score (nSPS) is 13.0. The molecule has 0 unspecified atom stereocenters. The summed E-state index contributed by atoms with van der Waals surface area (Å²) >= 11 is 0. The van der Waals surface area contributed by atoms with Gasteiger partial charge >= 0.3 is 0 Å². The van der Waals surface area contributed by atoms with Crippen LogP contribution in [0.25, 0.3) is 22.7 Å². The number of aromatic nitrogens is 5. The van der Waals surface area contributed by atoms with Crippen molar-refractivity contribution >= 4 is 28.7 Å². The van der Waals surface area contributed by atoms with E-state index in [-0.39, 0.29) is 18.4 Å². The maximum Gasteiger partial charge on any atom is 0.266 e. The average Bonchev–Trinajstić information content (AvgIpc) is 3.54. The van der Waals surface area contributed by atoms with Crippen molar-refractivity contribution in [2.75, 3.05) is 4.90 Å². The topological polar surface area (TPSA) is 116 Å². The maximum absolute atomic E-state index is 12.6. The van der Waals surface area contributed by atoms with Crippen molar-refractivity contribution in [2.24, 2.45) is 7.05 Å². The Balaban J connectivity index is 1.16. The van der Waals surface area contributed by atoms with Crippen LogP contribution in [0.4, 0.5) is 5.69 Å². The summed E-state index contributed by atoms with van der Waals surface area (Å²) in [7, 11) is 1.82. The van der Waals surface area contributed by atoms with Gasteiger partial charge in [0.25, 0.3) is 11.8 Å². The number of fused-ring (bicyclic) bond motifs is 2. The standard InChI is InChI=1S/C24H16N6O4/c1-29-12-14(9-27-29)21-28-20-8-17(11-26-22(20)34-21)33-13-15-6-7-16(10-25-15)30-23(31)18-4-2-3-5-19(18)24(30)32/h2-12H,13H2,1H3. The monoisotopic (exact) mass is 452 g/mol. The van der Waals surface area contributed by atoms with Crippen molar-refractivity contribution in [3.8, 4) is 17.2 Å². The van der Waals surface area contributed by atoms with E-state index in [1.807, 2.05) is 7.05 Å². The third-order valence-corrected chi connectivity index (χ3v) is 5.42. The van der Waals surface area contributed by atoms with Gasteiger partial charge in [0.2, 0.25) is 11.6 Å². The summed E-state index contributed by atoms with van der Waals surface area (Å²) in [5.41, 5.74) is 3.52. The maximum atomic E-state index is 12.6. The van der Waals surface area contributed by atoms with E-state index in [2.05, 4.69) is 20.1 Å². The molecule has 10 nitrogen and oxygen atoms in total. The largest absolute Gasteiger partial charge is 0.486 e. The number of ether oxygens (including phenoxy) is 1. The Bertz CT molecular complexity index is 1540. The molecule has 0 bridgehead atoms. The van der Waals surface area contributed by atoms with Gasteiger partial charge in [-0.2, -0.15) is 5.10 Å². The van der Waals surface area contributed by atoms with Crippen LogP contribution < -0.4 is 9.64 Å². The number of imide groups is 1. The fourth-order valence-corrected chi connectivity index (χ4v) is 3.75. The van der Waals surface area contributed by atoms with Crippen LogP contribution in [0.3, 0.4) is 0 Å². The highest BCUT2D eigenvalue weighted by Crippen LogP contribution is 2.28. The molecule has 1 aliphatic rings. The Morgan fingerprint density at radius 2 is 1.76 bits per heavy atom. The average molecular weight is 452 g/mol. The van der Waals surface area contributed by atoms with Gasteiger partial charge in [-0.1, -0.05) is 12.1 Å². The third-order valence-electron chi connectivity index (χ3n) is 5.42. The first kappa shape index (κ1) is 19.8. The van der Waals surface area contributed by atoms with Gasteiger partial charge in [-0.25, -0.2) is 14.9 Å². The summed E-state index contributed by atoms with van der Waals surface area (Å²) < 4.78 is 13.2. The zero-order valence-corrected chi connectivity index (χ0v) is 17.9.